The molecule has 0 fully saturated rings. The largest absolute Gasteiger partial charge is 0.369 e. The summed E-state index contributed by atoms with van der Waals surface area (Å²) in [5, 5.41) is 0. The molecule has 22 heavy (non-hydrogen) atoms. The van der Waals surface area contributed by atoms with E-state index in [1.54, 1.807) is 0 Å². The van der Waals surface area contributed by atoms with Crippen LogP contribution in [0.4, 0.5) is 5.69 Å². The van der Waals surface area contributed by atoms with Crippen molar-refractivity contribution in [3.63, 3.8) is 0 Å². The predicted octanol–water partition coefficient (Wildman–Crippen LogP) is 1.13. The second kappa shape index (κ2) is 9.07. The second-order valence-electron chi connectivity index (χ2n) is 4.85. The third-order valence-corrected chi connectivity index (χ3v) is 3.22. The van der Waals surface area contributed by atoms with Crippen molar-refractivity contribution in [2.45, 2.75) is 12.8 Å². The van der Waals surface area contributed by atoms with Crippen LogP contribution in [-0.4, -0.2) is 36.5 Å². The van der Waals surface area contributed by atoms with Gasteiger partial charge in [0.2, 0.25) is 5.96 Å². The third-order valence-electron chi connectivity index (χ3n) is 3.22. The van der Waals surface area contributed by atoms with Gasteiger partial charge in [0.1, 0.15) is 0 Å². The van der Waals surface area contributed by atoms with E-state index < -0.39 is 0 Å². The van der Waals surface area contributed by atoms with Gasteiger partial charge in [0, 0.05) is 13.1 Å². The molecule has 7 heteroatoms. The van der Waals surface area contributed by atoms with E-state index in [2.05, 4.69) is 22.1 Å². The van der Waals surface area contributed by atoms with E-state index in [9.17, 15) is 0 Å². The summed E-state index contributed by atoms with van der Waals surface area (Å²) in [7, 11) is 0. The molecule has 0 atom stereocenters. The average molecular weight is 323 g/mol. The maximum Gasteiger partial charge on any atom is 0.223 e. The van der Waals surface area contributed by atoms with Crippen molar-refractivity contribution in [2.75, 3.05) is 19.6 Å². The van der Waals surface area contributed by atoms with Gasteiger partial charge in [0.25, 0.3) is 0 Å². The fourth-order valence-electron chi connectivity index (χ4n) is 2.10. The maximum absolute atomic E-state index is 5.93. The van der Waals surface area contributed by atoms with E-state index in [1.165, 1.54) is 5.56 Å². The quantitative estimate of drug-likeness (QED) is 0.440. The summed E-state index contributed by atoms with van der Waals surface area (Å²) < 4.78 is 0. The highest BCUT2D eigenvalue weighted by molar-refractivity contribution is 5.94. The molecule has 0 unspecified atom stereocenters. The van der Waals surface area contributed by atoms with Crippen LogP contribution in [0.1, 0.15) is 12.0 Å². The lowest BCUT2D eigenvalue weighted by Gasteiger charge is -2.23. The Labute approximate surface area is 137 Å². The van der Waals surface area contributed by atoms with E-state index >= 15 is 0 Å². The highest BCUT2D eigenvalue weighted by atomic mass is 35.5. The number of hydrogen-bond acceptors (Lipinski definition) is 2. The molecule has 6 nitrogen and oxygen atoms in total. The fraction of sp³-hybridized carbons (Fsp3) is 0.333. The number of aliphatic imine (C=N–C) groups is 2. The van der Waals surface area contributed by atoms with E-state index in [0.717, 1.165) is 31.6 Å². The van der Waals surface area contributed by atoms with E-state index in [-0.39, 0.29) is 18.4 Å². The molecular weight excluding hydrogens is 300 g/mol. The Balaban J connectivity index is 0.00000242. The van der Waals surface area contributed by atoms with Crippen LogP contribution in [0.2, 0.25) is 0 Å². The van der Waals surface area contributed by atoms with Crippen LogP contribution < -0.4 is 17.2 Å². The third kappa shape index (κ3) is 5.38. The Morgan fingerprint density at radius 2 is 1.86 bits per heavy atom. The van der Waals surface area contributed by atoms with Crippen LogP contribution >= 0.6 is 12.4 Å². The summed E-state index contributed by atoms with van der Waals surface area (Å²) in [6.07, 6.45) is 6.02. The summed E-state index contributed by atoms with van der Waals surface area (Å²) in [5.41, 5.74) is 19.2. The van der Waals surface area contributed by atoms with Gasteiger partial charge in [-0.2, -0.15) is 4.99 Å². The Kier molecular flexibility index (Phi) is 7.42. The molecule has 6 N–H and O–H groups in total. The van der Waals surface area contributed by atoms with Gasteiger partial charge in [-0.3, -0.25) is 0 Å². The van der Waals surface area contributed by atoms with Gasteiger partial charge in [0.15, 0.2) is 5.96 Å². The number of guanidine groups is 2. The molecule has 0 saturated heterocycles. The van der Waals surface area contributed by atoms with Gasteiger partial charge < -0.3 is 22.1 Å². The predicted molar refractivity (Wildman–Crippen MR) is 94.7 cm³/mol. The van der Waals surface area contributed by atoms with Gasteiger partial charge >= 0.3 is 0 Å². The molecule has 0 aliphatic carbocycles. The van der Waals surface area contributed by atoms with Gasteiger partial charge in [0.05, 0.1) is 5.69 Å². The zero-order valence-electron chi connectivity index (χ0n) is 12.5. The van der Waals surface area contributed by atoms with Crippen LogP contribution in [0, 0.1) is 0 Å². The highest BCUT2D eigenvalue weighted by Gasteiger charge is 2.08. The minimum absolute atomic E-state index is 0. The van der Waals surface area contributed by atoms with E-state index in [1.807, 2.05) is 29.2 Å². The van der Waals surface area contributed by atoms with Gasteiger partial charge in [-0.15, -0.1) is 12.4 Å². The van der Waals surface area contributed by atoms with E-state index in [4.69, 9.17) is 17.2 Å². The lowest BCUT2D eigenvalue weighted by molar-refractivity contribution is 0.450. The van der Waals surface area contributed by atoms with Crippen LogP contribution in [-0.2, 0) is 6.42 Å². The van der Waals surface area contributed by atoms with Crippen molar-refractivity contribution in [1.29, 1.82) is 0 Å². The first kappa shape index (κ1) is 18.0. The summed E-state index contributed by atoms with van der Waals surface area (Å²) in [6.45, 7) is 2.25. The Morgan fingerprint density at radius 3 is 2.45 bits per heavy atom. The molecule has 0 amide bonds. The zero-order chi connectivity index (χ0) is 15.1. The Bertz CT molecular complexity index is 550. The maximum atomic E-state index is 5.93. The van der Waals surface area contributed by atoms with Crippen molar-refractivity contribution in [3.05, 3.63) is 42.0 Å². The highest BCUT2D eigenvalue weighted by Crippen LogP contribution is 2.13. The first-order chi connectivity index (χ1) is 10.2. The lowest BCUT2D eigenvalue weighted by Crippen LogP contribution is -2.40. The van der Waals surface area contributed by atoms with Crippen molar-refractivity contribution >= 4 is 30.0 Å². The van der Waals surface area contributed by atoms with Crippen molar-refractivity contribution in [1.82, 2.24) is 4.90 Å². The van der Waals surface area contributed by atoms with Crippen molar-refractivity contribution < 1.29 is 0 Å². The Hall–Kier alpha value is -2.05. The average Bonchev–Trinajstić information content (AvgIpc) is 2.50. The SMILES string of the molecule is Cl.NCCc1ccc(N=C(N)N=C(N)N2CC=CCC2)cc1. The normalized spacial score (nSPS) is 15.6. The van der Waals surface area contributed by atoms with Gasteiger partial charge in [-0.1, -0.05) is 24.3 Å². The molecule has 1 aliphatic heterocycles. The minimum atomic E-state index is 0. The monoisotopic (exact) mass is 322 g/mol. The van der Waals surface area contributed by atoms with Crippen LogP contribution in [0.5, 0.6) is 0 Å². The first-order valence-electron chi connectivity index (χ1n) is 7.06. The molecule has 0 saturated carbocycles. The molecular formula is C15H23ClN6. The van der Waals surface area contributed by atoms with Gasteiger partial charge in [-0.25, -0.2) is 4.99 Å². The molecule has 0 bridgehead atoms. The van der Waals surface area contributed by atoms with Crippen molar-refractivity contribution in [2.24, 2.45) is 27.2 Å². The smallest absolute Gasteiger partial charge is 0.223 e. The topological polar surface area (TPSA) is 106 Å². The number of benzene rings is 1. The summed E-state index contributed by atoms with van der Waals surface area (Å²) in [4.78, 5) is 10.4. The molecule has 1 aromatic rings. The molecule has 2 rings (SSSR count). The molecule has 0 spiro atoms. The summed E-state index contributed by atoms with van der Waals surface area (Å²) >= 11 is 0. The first-order valence-corrected chi connectivity index (χ1v) is 7.06. The number of rotatable bonds is 3. The summed E-state index contributed by atoms with van der Waals surface area (Å²) in [6, 6.07) is 7.77. The molecule has 1 aromatic carbocycles. The molecule has 1 aliphatic rings. The number of nitrogens with two attached hydrogens (primary N) is 3. The lowest BCUT2D eigenvalue weighted by atomic mass is 10.1. The Morgan fingerprint density at radius 1 is 1.14 bits per heavy atom. The fourth-order valence-corrected chi connectivity index (χ4v) is 2.10. The molecule has 0 radical (unpaired) electrons. The van der Waals surface area contributed by atoms with Crippen LogP contribution in [0.15, 0.2) is 46.4 Å². The van der Waals surface area contributed by atoms with E-state index in [0.29, 0.717) is 12.5 Å². The second-order valence-corrected chi connectivity index (χ2v) is 4.85. The summed E-state index contributed by atoms with van der Waals surface area (Å²) in [5.74, 6) is 0.564. The number of hydrogen-bond donors (Lipinski definition) is 3. The van der Waals surface area contributed by atoms with Crippen molar-refractivity contribution in [3.8, 4) is 0 Å². The molecule has 120 valence electrons. The molecule has 1 heterocycles. The standard InChI is InChI=1S/C15H22N6.ClH/c16-9-8-12-4-6-13(7-5-12)19-14(17)20-15(18)21-10-2-1-3-11-21;/h1-2,4-7H,3,8-11,16H2,(H4,17,18,19,20);1H. The molecule has 0 aromatic heterocycles. The van der Waals surface area contributed by atoms with Crippen LogP contribution in [0.25, 0.3) is 0 Å². The number of nitrogens with zero attached hydrogens (tertiary/aromatic N) is 3. The van der Waals surface area contributed by atoms with Gasteiger partial charge in [-0.05, 0) is 37.1 Å². The van der Waals surface area contributed by atoms with Crippen LogP contribution in [0.3, 0.4) is 0 Å². The number of halogens is 1. The minimum Gasteiger partial charge on any atom is -0.369 e. The zero-order valence-corrected chi connectivity index (χ0v) is 13.3.